The molecule has 0 aromatic carbocycles. The van der Waals surface area contributed by atoms with E-state index < -0.39 is 0 Å². The van der Waals surface area contributed by atoms with Crippen molar-refractivity contribution < 1.29 is 5.11 Å². The Kier molecular flexibility index (Phi) is 5.55. The number of fused-ring (bicyclic) bond motifs is 1. The van der Waals surface area contributed by atoms with Crippen molar-refractivity contribution in [1.82, 2.24) is 14.6 Å². The standard InChI is InChI=1S/C15H22N4O/c1-2-3-4-5-7-13-12-17-15-9-8-14(18-19(13)15)16-10-6-11-20/h5,7-9,12,20H,2-4,6,10-11H2,1H3,(H,16,18). The molecule has 0 aliphatic heterocycles. The molecule has 0 atom stereocenters. The van der Waals surface area contributed by atoms with Crippen LogP contribution in [0.3, 0.4) is 0 Å². The molecule has 2 N–H and O–H groups in total. The summed E-state index contributed by atoms with van der Waals surface area (Å²) in [5.74, 6) is 0.798. The number of allylic oxidation sites excluding steroid dienone is 1. The van der Waals surface area contributed by atoms with Crippen molar-refractivity contribution in [1.29, 1.82) is 0 Å². The Morgan fingerprint density at radius 1 is 1.35 bits per heavy atom. The minimum Gasteiger partial charge on any atom is -0.396 e. The molecule has 0 aliphatic rings. The van der Waals surface area contributed by atoms with Gasteiger partial charge in [0.25, 0.3) is 0 Å². The van der Waals surface area contributed by atoms with Crippen LogP contribution in [0.5, 0.6) is 0 Å². The lowest BCUT2D eigenvalue weighted by Gasteiger charge is -2.05. The zero-order valence-corrected chi connectivity index (χ0v) is 11.9. The van der Waals surface area contributed by atoms with E-state index >= 15 is 0 Å². The van der Waals surface area contributed by atoms with Gasteiger partial charge < -0.3 is 10.4 Å². The lowest BCUT2D eigenvalue weighted by Crippen LogP contribution is -2.07. The van der Waals surface area contributed by atoms with Crippen molar-refractivity contribution in [3.63, 3.8) is 0 Å². The van der Waals surface area contributed by atoms with Crippen LogP contribution in [0.1, 0.15) is 38.3 Å². The van der Waals surface area contributed by atoms with Crippen LogP contribution in [0.2, 0.25) is 0 Å². The van der Waals surface area contributed by atoms with Gasteiger partial charge >= 0.3 is 0 Å². The molecule has 0 unspecified atom stereocenters. The molecule has 0 radical (unpaired) electrons. The van der Waals surface area contributed by atoms with Gasteiger partial charge in [0.1, 0.15) is 5.82 Å². The van der Waals surface area contributed by atoms with Gasteiger partial charge in [-0.2, -0.15) is 0 Å². The van der Waals surface area contributed by atoms with Crippen LogP contribution in [0, 0.1) is 0 Å². The van der Waals surface area contributed by atoms with Crippen molar-refractivity contribution in [2.75, 3.05) is 18.5 Å². The number of nitrogens with one attached hydrogen (secondary N) is 1. The largest absolute Gasteiger partial charge is 0.396 e. The number of nitrogens with zero attached hydrogens (tertiary/aromatic N) is 3. The van der Waals surface area contributed by atoms with Crippen LogP contribution >= 0.6 is 0 Å². The van der Waals surface area contributed by atoms with Crippen LogP contribution in [0.15, 0.2) is 24.4 Å². The minimum atomic E-state index is 0.186. The Morgan fingerprint density at radius 3 is 3.05 bits per heavy atom. The molecule has 2 aromatic rings. The van der Waals surface area contributed by atoms with Gasteiger partial charge in [0.2, 0.25) is 0 Å². The van der Waals surface area contributed by atoms with Gasteiger partial charge in [0.05, 0.1) is 11.9 Å². The number of unbranched alkanes of at least 4 members (excludes halogenated alkanes) is 2. The number of anilines is 1. The van der Waals surface area contributed by atoms with Crippen molar-refractivity contribution in [2.24, 2.45) is 0 Å². The fourth-order valence-corrected chi connectivity index (χ4v) is 1.92. The molecule has 2 rings (SSSR count). The average Bonchev–Trinajstić information content (AvgIpc) is 2.87. The average molecular weight is 274 g/mol. The molecule has 0 saturated heterocycles. The molecule has 0 bridgehead atoms. The molecule has 108 valence electrons. The lowest BCUT2D eigenvalue weighted by molar-refractivity contribution is 0.292. The molecule has 5 heteroatoms. The van der Waals surface area contributed by atoms with Gasteiger partial charge in [-0.25, -0.2) is 9.50 Å². The van der Waals surface area contributed by atoms with Crippen molar-refractivity contribution in [3.05, 3.63) is 30.1 Å². The van der Waals surface area contributed by atoms with E-state index in [0.717, 1.165) is 23.6 Å². The Morgan fingerprint density at radius 2 is 2.25 bits per heavy atom. The first-order chi connectivity index (χ1) is 9.85. The summed E-state index contributed by atoms with van der Waals surface area (Å²) < 4.78 is 1.84. The number of hydrogen-bond donors (Lipinski definition) is 2. The zero-order chi connectivity index (χ0) is 14.2. The van der Waals surface area contributed by atoms with Crippen molar-refractivity contribution in [3.8, 4) is 0 Å². The third-order valence-corrected chi connectivity index (χ3v) is 3.04. The quantitative estimate of drug-likeness (QED) is 0.727. The number of rotatable bonds is 8. The molecule has 20 heavy (non-hydrogen) atoms. The topological polar surface area (TPSA) is 62.5 Å². The number of imidazole rings is 1. The Balaban J connectivity index is 2.10. The fourth-order valence-electron chi connectivity index (χ4n) is 1.92. The van der Waals surface area contributed by atoms with E-state index in [0.29, 0.717) is 13.0 Å². The summed E-state index contributed by atoms with van der Waals surface area (Å²) in [6, 6.07) is 3.85. The Bertz CT molecular complexity index is 562. The Hall–Kier alpha value is -1.88. The van der Waals surface area contributed by atoms with E-state index in [2.05, 4.69) is 34.5 Å². The van der Waals surface area contributed by atoms with Gasteiger partial charge in [-0.05, 0) is 31.1 Å². The molecular weight excluding hydrogens is 252 g/mol. The van der Waals surface area contributed by atoms with Gasteiger partial charge in [0, 0.05) is 13.2 Å². The second-order valence-corrected chi connectivity index (χ2v) is 4.72. The molecule has 0 spiro atoms. The zero-order valence-electron chi connectivity index (χ0n) is 11.9. The van der Waals surface area contributed by atoms with Gasteiger partial charge in [-0.15, -0.1) is 5.10 Å². The highest BCUT2D eigenvalue weighted by molar-refractivity contribution is 5.53. The maximum absolute atomic E-state index is 8.78. The molecule has 2 heterocycles. The highest BCUT2D eigenvalue weighted by Gasteiger charge is 2.02. The lowest BCUT2D eigenvalue weighted by atomic mass is 10.2. The fraction of sp³-hybridized carbons (Fsp3) is 0.467. The predicted octanol–water partition coefficient (Wildman–Crippen LogP) is 2.73. The molecule has 2 aromatic heterocycles. The van der Waals surface area contributed by atoms with E-state index in [4.69, 9.17) is 5.11 Å². The summed E-state index contributed by atoms with van der Waals surface area (Å²) in [7, 11) is 0. The molecular formula is C15H22N4O. The molecule has 5 nitrogen and oxygen atoms in total. The van der Waals surface area contributed by atoms with Crippen LogP contribution in [0.4, 0.5) is 5.82 Å². The maximum Gasteiger partial charge on any atom is 0.154 e. The highest BCUT2D eigenvalue weighted by Crippen LogP contribution is 2.11. The molecule has 0 saturated carbocycles. The summed E-state index contributed by atoms with van der Waals surface area (Å²) in [5.41, 5.74) is 1.83. The van der Waals surface area contributed by atoms with Crippen LogP contribution in [0.25, 0.3) is 11.7 Å². The third-order valence-electron chi connectivity index (χ3n) is 3.04. The number of aliphatic hydroxyl groups is 1. The number of aliphatic hydroxyl groups excluding tert-OH is 1. The van der Waals surface area contributed by atoms with E-state index in [1.54, 1.807) is 0 Å². The van der Waals surface area contributed by atoms with E-state index in [1.165, 1.54) is 12.8 Å². The van der Waals surface area contributed by atoms with E-state index in [9.17, 15) is 0 Å². The third kappa shape index (κ3) is 3.81. The summed E-state index contributed by atoms with van der Waals surface area (Å²) >= 11 is 0. The summed E-state index contributed by atoms with van der Waals surface area (Å²) in [4.78, 5) is 4.34. The van der Waals surface area contributed by atoms with Crippen molar-refractivity contribution in [2.45, 2.75) is 32.6 Å². The van der Waals surface area contributed by atoms with Gasteiger partial charge in [-0.3, -0.25) is 0 Å². The monoisotopic (exact) mass is 274 g/mol. The van der Waals surface area contributed by atoms with Crippen LogP contribution in [-0.4, -0.2) is 32.9 Å². The van der Waals surface area contributed by atoms with Gasteiger partial charge in [-0.1, -0.05) is 25.8 Å². The minimum absolute atomic E-state index is 0.186. The Labute approximate surface area is 119 Å². The van der Waals surface area contributed by atoms with Gasteiger partial charge in [0.15, 0.2) is 5.65 Å². The summed E-state index contributed by atoms with van der Waals surface area (Å²) in [6.45, 7) is 3.09. The number of hydrogen-bond acceptors (Lipinski definition) is 4. The number of aromatic nitrogens is 3. The predicted molar refractivity (Wildman–Crippen MR) is 81.7 cm³/mol. The molecule has 0 aliphatic carbocycles. The second-order valence-electron chi connectivity index (χ2n) is 4.72. The van der Waals surface area contributed by atoms with Crippen LogP contribution in [-0.2, 0) is 0 Å². The summed E-state index contributed by atoms with van der Waals surface area (Å²) in [5, 5.41) is 16.5. The second kappa shape index (κ2) is 7.65. The summed E-state index contributed by atoms with van der Waals surface area (Å²) in [6.07, 6.45) is 10.3. The first kappa shape index (κ1) is 14.5. The molecule has 0 amide bonds. The van der Waals surface area contributed by atoms with E-state index in [1.807, 2.05) is 22.8 Å². The maximum atomic E-state index is 8.78. The normalized spacial score (nSPS) is 11.5. The highest BCUT2D eigenvalue weighted by atomic mass is 16.3. The van der Waals surface area contributed by atoms with E-state index in [-0.39, 0.29) is 6.61 Å². The van der Waals surface area contributed by atoms with Crippen LogP contribution < -0.4 is 5.32 Å². The smallest absolute Gasteiger partial charge is 0.154 e. The SMILES string of the molecule is CCCCC=Cc1cnc2ccc(NCCCO)nn12. The van der Waals surface area contributed by atoms with Crippen molar-refractivity contribution >= 4 is 17.5 Å². The first-order valence-electron chi connectivity index (χ1n) is 7.21. The first-order valence-corrected chi connectivity index (χ1v) is 7.21. The molecule has 0 fully saturated rings.